The second kappa shape index (κ2) is 6.65. The first-order valence-electron chi connectivity index (χ1n) is 7.02. The molecule has 0 spiro atoms. The number of aryl methyl sites for hydroxylation is 1. The van der Waals surface area contributed by atoms with E-state index in [1.165, 1.54) is 0 Å². The Morgan fingerprint density at radius 2 is 2.32 bits per heavy atom. The maximum atomic E-state index is 11.2. The van der Waals surface area contributed by atoms with E-state index in [1.54, 1.807) is 6.33 Å². The summed E-state index contributed by atoms with van der Waals surface area (Å²) in [5, 5.41) is 16.7. The number of carboxylic acid groups (broad SMARTS) is 1. The van der Waals surface area contributed by atoms with Gasteiger partial charge in [-0.05, 0) is 32.2 Å². The van der Waals surface area contributed by atoms with Crippen molar-refractivity contribution in [3.8, 4) is 0 Å². The number of carboxylic acids is 1. The lowest BCUT2D eigenvalue weighted by Crippen LogP contribution is -2.34. The highest BCUT2D eigenvalue weighted by Gasteiger charge is 2.30. The van der Waals surface area contributed by atoms with Crippen LogP contribution in [0.3, 0.4) is 0 Å². The summed E-state index contributed by atoms with van der Waals surface area (Å²) in [7, 11) is 0. The fourth-order valence-electron chi connectivity index (χ4n) is 2.84. The predicted molar refractivity (Wildman–Crippen MR) is 70.5 cm³/mol. The molecule has 0 bridgehead atoms. The molecule has 1 aromatic rings. The van der Waals surface area contributed by atoms with Gasteiger partial charge in [0.15, 0.2) is 0 Å². The maximum absolute atomic E-state index is 11.2. The van der Waals surface area contributed by atoms with Gasteiger partial charge in [-0.3, -0.25) is 4.79 Å². The van der Waals surface area contributed by atoms with Gasteiger partial charge in [0.25, 0.3) is 0 Å². The predicted octanol–water partition coefficient (Wildman–Crippen LogP) is 1.28. The molecule has 1 aliphatic carbocycles. The highest BCUT2D eigenvalue weighted by molar-refractivity contribution is 5.70. The van der Waals surface area contributed by atoms with E-state index in [-0.39, 0.29) is 11.8 Å². The van der Waals surface area contributed by atoms with Gasteiger partial charge < -0.3 is 10.4 Å². The zero-order valence-electron chi connectivity index (χ0n) is 11.4. The van der Waals surface area contributed by atoms with Gasteiger partial charge in [-0.2, -0.15) is 5.10 Å². The van der Waals surface area contributed by atoms with Crippen LogP contribution in [0, 0.1) is 11.8 Å². The number of aromatic nitrogens is 3. The molecule has 6 heteroatoms. The second-order valence-electron chi connectivity index (χ2n) is 5.11. The molecule has 0 aliphatic heterocycles. The third-order valence-corrected chi connectivity index (χ3v) is 3.91. The van der Waals surface area contributed by atoms with Crippen LogP contribution in [0.1, 0.15) is 38.4 Å². The smallest absolute Gasteiger partial charge is 0.306 e. The Hall–Kier alpha value is -1.43. The van der Waals surface area contributed by atoms with Gasteiger partial charge in [-0.1, -0.05) is 12.8 Å². The quantitative estimate of drug-likeness (QED) is 0.810. The summed E-state index contributed by atoms with van der Waals surface area (Å²) in [6, 6.07) is 0. The van der Waals surface area contributed by atoms with E-state index in [0.29, 0.717) is 6.54 Å². The molecule has 2 N–H and O–H groups in total. The van der Waals surface area contributed by atoms with Crippen LogP contribution in [0.15, 0.2) is 6.33 Å². The number of nitrogens with zero attached hydrogens (tertiary/aromatic N) is 3. The van der Waals surface area contributed by atoms with Crippen molar-refractivity contribution in [3.05, 3.63) is 12.2 Å². The van der Waals surface area contributed by atoms with E-state index in [2.05, 4.69) is 15.4 Å². The fraction of sp³-hybridized carbons (Fsp3) is 0.769. The van der Waals surface area contributed by atoms with Crippen molar-refractivity contribution in [1.82, 2.24) is 20.1 Å². The van der Waals surface area contributed by atoms with Crippen LogP contribution in [0.4, 0.5) is 0 Å². The number of hydrogen-bond donors (Lipinski definition) is 2. The zero-order valence-corrected chi connectivity index (χ0v) is 11.4. The van der Waals surface area contributed by atoms with Gasteiger partial charge in [-0.25, -0.2) is 9.67 Å². The van der Waals surface area contributed by atoms with Crippen molar-refractivity contribution >= 4 is 5.97 Å². The largest absolute Gasteiger partial charge is 0.481 e. The van der Waals surface area contributed by atoms with Crippen molar-refractivity contribution < 1.29 is 9.90 Å². The Morgan fingerprint density at radius 1 is 1.53 bits per heavy atom. The molecule has 0 aromatic carbocycles. The molecule has 1 saturated carbocycles. The van der Waals surface area contributed by atoms with Gasteiger partial charge >= 0.3 is 5.97 Å². The average Bonchev–Trinajstić information content (AvgIpc) is 2.86. The van der Waals surface area contributed by atoms with Crippen LogP contribution in [0.25, 0.3) is 0 Å². The molecule has 6 nitrogen and oxygen atoms in total. The first kappa shape index (κ1) is 14.0. The summed E-state index contributed by atoms with van der Waals surface area (Å²) in [4.78, 5) is 15.4. The Kier molecular flexibility index (Phi) is 4.90. The molecular weight excluding hydrogens is 244 g/mol. The SMILES string of the molecule is CCn1ncnc1CNCC1CCCCC1C(=O)O. The molecule has 2 rings (SSSR count). The molecule has 1 aromatic heterocycles. The zero-order chi connectivity index (χ0) is 13.7. The van der Waals surface area contributed by atoms with E-state index < -0.39 is 5.97 Å². The van der Waals surface area contributed by atoms with Crippen molar-refractivity contribution in [3.63, 3.8) is 0 Å². The topological polar surface area (TPSA) is 80.0 Å². The van der Waals surface area contributed by atoms with Crippen LogP contribution in [-0.4, -0.2) is 32.4 Å². The molecule has 1 heterocycles. The van der Waals surface area contributed by atoms with Crippen LogP contribution < -0.4 is 5.32 Å². The van der Waals surface area contributed by atoms with Crippen LogP contribution in [0.2, 0.25) is 0 Å². The Bertz CT molecular complexity index is 419. The number of carbonyl (C=O) groups is 1. The summed E-state index contributed by atoms with van der Waals surface area (Å²) in [6.45, 7) is 4.22. The highest BCUT2D eigenvalue weighted by Crippen LogP contribution is 2.29. The van der Waals surface area contributed by atoms with Gasteiger partial charge in [-0.15, -0.1) is 0 Å². The first-order valence-corrected chi connectivity index (χ1v) is 7.02. The minimum Gasteiger partial charge on any atom is -0.481 e. The third-order valence-electron chi connectivity index (χ3n) is 3.91. The molecule has 2 atom stereocenters. The van der Waals surface area contributed by atoms with Crippen molar-refractivity contribution in [1.29, 1.82) is 0 Å². The molecule has 1 aliphatic rings. The lowest BCUT2D eigenvalue weighted by Gasteiger charge is -2.28. The van der Waals surface area contributed by atoms with Gasteiger partial charge in [0, 0.05) is 6.54 Å². The minimum absolute atomic E-state index is 0.190. The summed E-state index contributed by atoms with van der Waals surface area (Å²) >= 11 is 0. The van der Waals surface area contributed by atoms with E-state index in [9.17, 15) is 9.90 Å². The average molecular weight is 266 g/mol. The highest BCUT2D eigenvalue weighted by atomic mass is 16.4. The van der Waals surface area contributed by atoms with Gasteiger partial charge in [0.2, 0.25) is 0 Å². The van der Waals surface area contributed by atoms with E-state index in [1.807, 2.05) is 11.6 Å². The van der Waals surface area contributed by atoms with Crippen LogP contribution in [-0.2, 0) is 17.9 Å². The number of nitrogens with one attached hydrogen (secondary N) is 1. The lowest BCUT2D eigenvalue weighted by molar-refractivity contribution is -0.144. The normalized spacial score (nSPS) is 23.4. The standard InChI is InChI=1S/C13H22N4O2/c1-2-17-12(15-9-16-17)8-14-7-10-5-3-4-6-11(10)13(18)19/h9-11,14H,2-8H2,1H3,(H,18,19). The van der Waals surface area contributed by atoms with Crippen LogP contribution in [0.5, 0.6) is 0 Å². The molecule has 1 fully saturated rings. The number of hydrogen-bond acceptors (Lipinski definition) is 4. The fourth-order valence-corrected chi connectivity index (χ4v) is 2.84. The number of aliphatic carboxylic acids is 1. The molecule has 0 amide bonds. The molecule has 106 valence electrons. The third kappa shape index (κ3) is 3.53. The minimum atomic E-state index is -0.650. The van der Waals surface area contributed by atoms with E-state index in [4.69, 9.17) is 0 Å². The monoisotopic (exact) mass is 266 g/mol. The van der Waals surface area contributed by atoms with E-state index in [0.717, 1.165) is 44.6 Å². The Labute approximate surface area is 113 Å². The van der Waals surface area contributed by atoms with Gasteiger partial charge in [0.05, 0.1) is 12.5 Å². The van der Waals surface area contributed by atoms with Crippen LogP contribution >= 0.6 is 0 Å². The second-order valence-corrected chi connectivity index (χ2v) is 5.11. The van der Waals surface area contributed by atoms with Gasteiger partial charge in [0.1, 0.15) is 12.2 Å². The Morgan fingerprint density at radius 3 is 3.05 bits per heavy atom. The summed E-state index contributed by atoms with van der Waals surface area (Å²) < 4.78 is 1.85. The molecular formula is C13H22N4O2. The summed E-state index contributed by atoms with van der Waals surface area (Å²) in [5.41, 5.74) is 0. The molecule has 0 radical (unpaired) electrons. The molecule has 2 unspecified atom stereocenters. The molecule has 19 heavy (non-hydrogen) atoms. The molecule has 0 saturated heterocycles. The van der Waals surface area contributed by atoms with Crippen molar-refractivity contribution in [2.75, 3.05) is 6.54 Å². The maximum Gasteiger partial charge on any atom is 0.306 e. The van der Waals surface area contributed by atoms with Crippen molar-refractivity contribution in [2.24, 2.45) is 11.8 Å². The first-order chi connectivity index (χ1) is 9.22. The van der Waals surface area contributed by atoms with Crippen molar-refractivity contribution in [2.45, 2.75) is 45.7 Å². The number of rotatable bonds is 6. The van der Waals surface area contributed by atoms with E-state index >= 15 is 0 Å². The summed E-state index contributed by atoms with van der Waals surface area (Å²) in [6.07, 6.45) is 5.55. The lowest BCUT2D eigenvalue weighted by atomic mass is 9.79. The Balaban J connectivity index is 1.82. The summed E-state index contributed by atoms with van der Waals surface area (Å²) in [5.74, 6) is 0.308.